The van der Waals surface area contributed by atoms with Crippen molar-refractivity contribution in [1.82, 2.24) is 0 Å². The molecule has 11 heteroatoms. The Bertz CT molecular complexity index is 487. The number of carbonyl (C=O) groups excluding carboxylic acids is 6. The van der Waals surface area contributed by atoms with Crippen molar-refractivity contribution < 1.29 is 67.1 Å². The van der Waals surface area contributed by atoms with Crippen LogP contribution in [0, 0.1) is 0 Å². The summed E-state index contributed by atoms with van der Waals surface area (Å²) in [5.41, 5.74) is 0. The van der Waals surface area contributed by atoms with Crippen LogP contribution in [0.25, 0.3) is 0 Å². The molecule has 0 radical (unpaired) electrons. The fraction of sp³-hybridized carbons (Fsp3) is 0.714. The van der Waals surface area contributed by atoms with Gasteiger partial charge in [-0.2, -0.15) is 0 Å². The number of ketones is 3. The first-order valence-electron chi connectivity index (χ1n) is 10.0. The van der Waals surface area contributed by atoms with E-state index < -0.39 is 17.9 Å². The fourth-order valence-corrected chi connectivity index (χ4v) is 1.25. The van der Waals surface area contributed by atoms with Crippen LogP contribution in [0.2, 0.25) is 0 Å². The summed E-state index contributed by atoms with van der Waals surface area (Å²) in [5.74, 6) is -1.80. The van der Waals surface area contributed by atoms with Crippen LogP contribution < -0.4 is 0 Å². The van der Waals surface area contributed by atoms with Gasteiger partial charge in [0.05, 0.1) is 19.8 Å². The number of Topliss-reactive ketones (excluding diaryl/α,β-unsaturated/α-hetero) is 3. The molecule has 10 nitrogen and oxygen atoms in total. The van der Waals surface area contributed by atoms with Crippen molar-refractivity contribution in [2.75, 3.05) is 19.8 Å². The minimum Gasteiger partial charge on any atom is -0.466 e. The van der Waals surface area contributed by atoms with Gasteiger partial charge in [-0.25, -0.2) is 0 Å². The van der Waals surface area contributed by atoms with Gasteiger partial charge in [0.25, 0.3) is 0 Å². The average molecular weight is 497 g/mol. The largest absolute Gasteiger partial charge is 0.466 e. The third-order valence-electron chi connectivity index (χ3n) is 2.33. The van der Waals surface area contributed by atoms with Crippen LogP contribution in [0.15, 0.2) is 0 Å². The molecule has 0 N–H and O–H groups in total. The van der Waals surface area contributed by atoms with Crippen LogP contribution in [0.5, 0.6) is 0 Å². The monoisotopic (exact) mass is 497 g/mol. The Morgan fingerprint density at radius 1 is 0.594 bits per heavy atom. The second-order valence-corrected chi connectivity index (χ2v) is 6.59. The van der Waals surface area contributed by atoms with E-state index in [9.17, 15) is 28.8 Å². The van der Waals surface area contributed by atoms with Crippen molar-refractivity contribution in [3.8, 4) is 0 Å². The van der Waals surface area contributed by atoms with Gasteiger partial charge in [0, 0.05) is 0 Å². The van der Waals surface area contributed by atoms with E-state index in [2.05, 4.69) is 14.2 Å². The fourth-order valence-electron chi connectivity index (χ4n) is 1.25. The Hall–Kier alpha value is -1.91. The van der Waals surface area contributed by atoms with Crippen LogP contribution >= 0.6 is 0 Å². The van der Waals surface area contributed by atoms with Gasteiger partial charge >= 0.3 is 62.0 Å². The van der Waals surface area contributed by atoms with Crippen molar-refractivity contribution in [3.05, 3.63) is 0 Å². The van der Waals surface area contributed by atoms with E-state index in [0.717, 1.165) is 0 Å². The summed E-state index contributed by atoms with van der Waals surface area (Å²) >= 11 is 1.70. The smallest absolute Gasteiger partial charge is 0.313 e. The van der Waals surface area contributed by atoms with Gasteiger partial charge in [-0.1, -0.05) is 0 Å². The third kappa shape index (κ3) is 46.3. The van der Waals surface area contributed by atoms with Gasteiger partial charge in [-0.05, 0) is 41.5 Å². The van der Waals surface area contributed by atoms with Crippen molar-refractivity contribution in [3.63, 3.8) is 0 Å². The van der Waals surface area contributed by atoms with Gasteiger partial charge in [-0.3, -0.25) is 28.8 Å². The van der Waals surface area contributed by atoms with Gasteiger partial charge in [0.15, 0.2) is 0 Å². The molecule has 0 atom stereocenters. The van der Waals surface area contributed by atoms with E-state index in [-0.39, 0.29) is 36.6 Å². The molecule has 0 fully saturated rings. The first-order valence-corrected chi connectivity index (χ1v) is 10.7. The molecule has 0 rings (SSSR count). The molecule has 32 heavy (non-hydrogen) atoms. The van der Waals surface area contributed by atoms with Crippen molar-refractivity contribution in [2.24, 2.45) is 0 Å². The van der Waals surface area contributed by atoms with E-state index in [0.29, 0.717) is 25.9 Å². The summed E-state index contributed by atoms with van der Waals surface area (Å²) in [7, 11) is 0. The van der Waals surface area contributed by atoms with Gasteiger partial charge < -0.3 is 14.2 Å². The molecule has 0 aromatic rings. The zero-order valence-electron chi connectivity index (χ0n) is 20.4. The Labute approximate surface area is 202 Å². The van der Waals surface area contributed by atoms with E-state index in [1.807, 2.05) is 13.8 Å². The van der Waals surface area contributed by atoms with E-state index >= 15 is 0 Å². The number of ether oxygens (including phenoxy) is 3. The quantitative estimate of drug-likeness (QED) is 0.191. The molecular weight excluding hydrogens is 460 g/mol. The van der Waals surface area contributed by atoms with Crippen molar-refractivity contribution in [1.29, 1.82) is 0 Å². The molecular formula is C21H37O10Ti. The Morgan fingerprint density at radius 3 is 0.875 bits per heavy atom. The molecule has 185 valence electrons. The minimum absolute atomic E-state index is 0.103. The molecule has 0 heterocycles. The molecule has 0 aliphatic heterocycles. The molecule has 0 spiro atoms. The molecule has 0 aromatic heterocycles. The van der Waals surface area contributed by atoms with Crippen LogP contribution in [-0.2, 0) is 67.1 Å². The zero-order valence-corrected chi connectivity index (χ0v) is 22.0. The van der Waals surface area contributed by atoms with Gasteiger partial charge in [0.2, 0.25) is 0 Å². The standard InChI is InChI=1S/3C6H10O3.C3H7O.Ti/c3*1-3-9-6(8)4-5(2)7;1-3(2)4;/h3*3-4H2,1-2H3;3H,1-2H3;/q;;;-1;+1. The summed E-state index contributed by atoms with van der Waals surface area (Å²) in [4.78, 5) is 61.9. The predicted octanol–water partition coefficient (Wildman–Crippen LogP) is 2.46. The van der Waals surface area contributed by atoms with Gasteiger partial charge in [-0.15, -0.1) is 0 Å². The average Bonchev–Trinajstić information content (AvgIpc) is 2.62. The number of hydrogen-bond donors (Lipinski definition) is 0. The molecule has 0 unspecified atom stereocenters. The number of rotatable bonds is 10. The maximum atomic E-state index is 10.4. The Morgan fingerprint density at radius 2 is 0.781 bits per heavy atom. The topological polar surface area (TPSA) is 139 Å². The zero-order chi connectivity index (χ0) is 26.1. The van der Waals surface area contributed by atoms with Crippen LogP contribution in [0.1, 0.15) is 74.7 Å². The number of hydrogen-bond acceptors (Lipinski definition) is 10. The molecule has 0 saturated heterocycles. The molecule has 0 saturated carbocycles. The summed E-state index contributed by atoms with van der Waals surface area (Å²) < 4.78 is 18.2. The third-order valence-corrected chi connectivity index (χ3v) is 3.07. The number of carbonyl (C=O) groups is 6. The van der Waals surface area contributed by atoms with Crippen LogP contribution in [0.3, 0.4) is 0 Å². The molecule has 0 aliphatic carbocycles. The maximum Gasteiger partial charge on any atom is 0.313 e. The first-order chi connectivity index (χ1) is 14.8. The second-order valence-electron chi connectivity index (χ2n) is 6.22. The first kappa shape index (κ1) is 37.4. The predicted molar refractivity (Wildman–Crippen MR) is 112 cm³/mol. The van der Waals surface area contributed by atoms with Gasteiger partial charge in [0.1, 0.15) is 36.6 Å². The van der Waals surface area contributed by atoms with E-state index in [4.69, 9.17) is 3.32 Å². The van der Waals surface area contributed by atoms with Crippen LogP contribution in [-0.4, -0.2) is 61.2 Å². The summed E-state index contributed by atoms with van der Waals surface area (Å²) in [6, 6.07) is 0. The number of esters is 3. The van der Waals surface area contributed by atoms with E-state index in [1.54, 1.807) is 41.6 Å². The minimum atomic E-state index is -0.440. The maximum absolute atomic E-state index is 10.4. The molecule has 0 amide bonds. The van der Waals surface area contributed by atoms with E-state index in [1.165, 1.54) is 20.8 Å². The molecule has 0 aromatic carbocycles. The summed E-state index contributed by atoms with van der Waals surface area (Å²) in [6.45, 7) is 14.2. The van der Waals surface area contributed by atoms with Crippen molar-refractivity contribution in [2.45, 2.75) is 80.8 Å². The Balaban J connectivity index is -0.000000167. The normalized spacial score (nSPS) is 8.75. The van der Waals surface area contributed by atoms with Crippen molar-refractivity contribution >= 4 is 35.3 Å². The Kier molecular flexibility index (Phi) is 31.7. The second kappa shape index (κ2) is 27.1. The SMILES string of the molecule is CC(C)[O][Ti].CCOC(=O)CC(C)=O.CCOC(=O)CC(C)=O.CCOC(=O)CC(C)=O. The summed E-state index contributed by atoms with van der Waals surface area (Å²) in [6.07, 6.45) is 0.0743. The summed E-state index contributed by atoms with van der Waals surface area (Å²) in [5, 5.41) is 0. The molecule has 0 bridgehead atoms. The van der Waals surface area contributed by atoms with Crippen LogP contribution in [0.4, 0.5) is 0 Å². The molecule has 0 aliphatic rings.